The van der Waals surface area contributed by atoms with E-state index in [0.717, 1.165) is 0 Å². The standard InChI is InChI=1S/C54H34/c1-2-12-38-30-40(24-20-35(38)10-1)39-13-9-14-45(32-39)53-48-16-5-7-18-50(48)54(51-19-8-6-17-49(51)53)46-29-28-41-31-42(26-27-43(41)33-46)44-25-23-37-22-21-36-11-3-4-15-47(36)52(37)34-44/h1-34H. The van der Waals surface area contributed by atoms with Crippen molar-refractivity contribution >= 4 is 64.6 Å². The van der Waals surface area contributed by atoms with E-state index in [1.807, 2.05) is 0 Å². The number of hydrogen-bond acceptors (Lipinski definition) is 0. The van der Waals surface area contributed by atoms with Crippen molar-refractivity contribution in [2.45, 2.75) is 0 Å². The molecule has 11 aromatic carbocycles. The fourth-order valence-corrected chi connectivity index (χ4v) is 8.74. The summed E-state index contributed by atoms with van der Waals surface area (Å²) < 4.78 is 0. The summed E-state index contributed by atoms with van der Waals surface area (Å²) >= 11 is 0. The van der Waals surface area contributed by atoms with Crippen LogP contribution in [0.1, 0.15) is 0 Å². The first-order valence-corrected chi connectivity index (χ1v) is 18.7. The zero-order chi connectivity index (χ0) is 35.6. The van der Waals surface area contributed by atoms with Crippen LogP contribution in [0.3, 0.4) is 0 Å². The summed E-state index contributed by atoms with van der Waals surface area (Å²) in [4.78, 5) is 0. The van der Waals surface area contributed by atoms with Crippen LogP contribution < -0.4 is 0 Å². The second-order valence-electron chi connectivity index (χ2n) is 14.5. The SMILES string of the molecule is c1cc(-c2ccc3ccccc3c2)cc(-c2c3ccccc3c(-c3ccc4cc(-c5ccc6ccc7ccccc7c6c5)ccc4c3)c3ccccc23)c1. The lowest BCUT2D eigenvalue weighted by atomic mass is 9.85. The van der Waals surface area contributed by atoms with Crippen molar-refractivity contribution in [1.82, 2.24) is 0 Å². The van der Waals surface area contributed by atoms with Gasteiger partial charge in [-0.3, -0.25) is 0 Å². The van der Waals surface area contributed by atoms with E-state index in [9.17, 15) is 0 Å². The maximum atomic E-state index is 2.38. The van der Waals surface area contributed by atoms with Crippen molar-refractivity contribution in [3.05, 3.63) is 206 Å². The van der Waals surface area contributed by atoms with Gasteiger partial charge in [0.05, 0.1) is 0 Å². The van der Waals surface area contributed by atoms with Crippen LogP contribution in [0.2, 0.25) is 0 Å². The molecule has 0 N–H and O–H groups in total. The second kappa shape index (κ2) is 12.3. The Bertz CT molecular complexity index is 3220. The second-order valence-corrected chi connectivity index (χ2v) is 14.5. The average molecular weight is 683 g/mol. The summed E-state index contributed by atoms with van der Waals surface area (Å²) in [5.41, 5.74) is 9.95. The molecule has 0 saturated heterocycles. The van der Waals surface area contributed by atoms with Crippen molar-refractivity contribution < 1.29 is 0 Å². The highest BCUT2D eigenvalue weighted by Gasteiger charge is 2.17. The van der Waals surface area contributed by atoms with Gasteiger partial charge in [-0.25, -0.2) is 0 Å². The molecule has 0 radical (unpaired) electrons. The fraction of sp³-hybridized carbons (Fsp3) is 0. The van der Waals surface area contributed by atoms with E-state index in [2.05, 4.69) is 206 Å². The topological polar surface area (TPSA) is 0 Å². The molecule has 54 heavy (non-hydrogen) atoms. The van der Waals surface area contributed by atoms with Gasteiger partial charge in [0.25, 0.3) is 0 Å². The predicted molar refractivity (Wildman–Crippen MR) is 233 cm³/mol. The van der Waals surface area contributed by atoms with Crippen LogP contribution in [-0.2, 0) is 0 Å². The lowest BCUT2D eigenvalue weighted by molar-refractivity contribution is 1.63. The van der Waals surface area contributed by atoms with Crippen LogP contribution >= 0.6 is 0 Å². The lowest BCUT2D eigenvalue weighted by Gasteiger charge is -2.18. The highest BCUT2D eigenvalue weighted by atomic mass is 14.2. The third-order valence-corrected chi connectivity index (χ3v) is 11.4. The van der Waals surface area contributed by atoms with Gasteiger partial charge < -0.3 is 0 Å². The Labute approximate surface area is 314 Å². The lowest BCUT2D eigenvalue weighted by Crippen LogP contribution is -1.91. The van der Waals surface area contributed by atoms with Gasteiger partial charge in [0.1, 0.15) is 0 Å². The van der Waals surface area contributed by atoms with Gasteiger partial charge in [-0.1, -0.05) is 176 Å². The molecule has 0 bridgehead atoms. The fourth-order valence-electron chi connectivity index (χ4n) is 8.74. The highest BCUT2D eigenvalue weighted by Crippen LogP contribution is 2.45. The van der Waals surface area contributed by atoms with Gasteiger partial charge in [0, 0.05) is 0 Å². The maximum Gasteiger partial charge on any atom is -0.00262 e. The monoisotopic (exact) mass is 682 g/mol. The zero-order valence-electron chi connectivity index (χ0n) is 29.6. The van der Waals surface area contributed by atoms with Crippen molar-refractivity contribution in [3.8, 4) is 44.5 Å². The molecular formula is C54H34. The Morgan fingerprint density at radius 2 is 0.519 bits per heavy atom. The molecule has 0 aromatic heterocycles. The molecular weight excluding hydrogens is 649 g/mol. The quantitative estimate of drug-likeness (QED) is 0.128. The van der Waals surface area contributed by atoms with Crippen molar-refractivity contribution in [2.75, 3.05) is 0 Å². The molecule has 0 nitrogen and oxygen atoms in total. The third-order valence-electron chi connectivity index (χ3n) is 11.4. The normalized spacial score (nSPS) is 11.7. The Morgan fingerprint density at radius 3 is 1.15 bits per heavy atom. The maximum absolute atomic E-state index is 2.38. The predicted octanol–water partition coefficient (Wildman–Crippen LogP) is 15.3. The minimum atomic E-state index is 1.22. The zero-order valence-corrected chi connectivity index (χ0v) is 29.6. The van der Waals surface area contributed by atoms with E-state index >= 15 is 0 Å². The number of benzene rings is 11. The van der Waals surface area contributed by atoms with Gasteiger partial charge in [-0.05, 0) is 139 Å². The van der Waals surface area contributed by atoms with E-state index in [1.165, 1.54) is 109 Å². The van der Waals surface area contributed by atoms with Crippen molar-refractivity contribution in [3.63, 3.8) is 0 Å². The highest BCUT2D eigenvalue weighted by molar-refractivity contribution is 6.22. The van der Waals surface area contributed by atoms with Crippen LogP contribution in [0.5, 0.6) is 0 Å². The van der Waals surface area contributed by atoms with Crippen LogP contribution in [0.4, 0.5) is 0 Å². The molecule has 0 aliphatic carbocycles. The molecule has 0 saturated carbocycles. The van der Waals surface area contributed by atoms with Gasteiger partial charge in [-0.15, -0.1) is 0 Å². The summed E-state index contributed by atoms with van der Waals surface area (Å²) in [6.45, 7) is 0. The summed E-state index contributed by atoms with van der Waals surface area (Å²) in [7, 11) is 0. The van der Waals surface area contributed by atoms with E-state index in [0.29, 0.717) is 0 Å². The molecule has 0 aliphatic rings. The Hall–Kier alpha value is -7.02. The minimum absolute atomic E-state index is 1.22. The van der Waals surface area contributed by atoms with Crippen molar-refractivity contribution in [2.24, 2.45) is 0 Å². The van der Waals surface area contributed by atoms with Gasteiger partial charge >= 0.3 is 0 Å². The Morgan fingerprint density at radius 1 is 0.167 bits per heavy atom. The number of hydrogen-bond donors (Lipinski definition) is 0. The average Bonchev–Trinajstić information content (AvgIpc) is 3.24. The molecule has 0 heterocycles. The largest absolute Gasteiger partial charge is 0.0616 e. The number of rotatable bonds is 4. The van der Waals surface area contributed by atoms with Gasteiger partial charge in [0.15, 0.2) is 0 Å². The minimum Gasteiger partial charge on any atom is -0.0616 e. The third kappa shape index (κ3) is 4.99. The van der Waals surface area contributed by atoms with Crippen molar-refractivity contribution in [1.29, 1.82) is 0 Å². The molecule has 0 unspecified atom stereocenters. The van der Waals surface area contributed by atoms with Crippen LogP contribution in [-0.4, -0.2) is 0 Å². The summed E-state index contributed by atoms with van der Waals surface area (Å²) in [6.07, 6.45) is 0. The van der Waals surface area contributed by atoms with E-state index in [1.54, 1.807) is 0 Å². The molecule has 0 aliphatic heterocycles. The Kier molecular flexibility index (Phi) is 6.97. The molecule has 0 spiro atoms. The molecule has 0 atom stereocenters. The molecule has 0 fully saturated rings. The van der Waals surface area contributed by atoms with E-state index in [4.69, 9.17) is 0 Å². The van der Waals surface area contributed by atoms with Gasteiger partial charge in [-0.2, -0.15) is 0 Å². The summed E-state index contributed by atoms with van der Waals surface area (Å²) in [5, 5.41) is 15.2. The van der Waals surface area contributed by atoms with Crippen LogP contribution in [0, 0.1) is 0 Å². The first kappa shape index (κ1) is 30.6. The molecule has 250 valence electrons. The molecule has 0 heteroatoms. The Balaban J connectivity index is 1.04. The first-order chi connectivity index (χ1) is 26.7. The summed E-state index contributed by atoms with van der Waals surface area (Å²) in [5.74, 6) is 0. The number of fused-ring (bicyclic) bond motifs is 7. The van der Waals surface area contributed by atoms with E-state index in [-0.39, 0.29) is 0 Å². The van der Waals surface area contributed by atoms with Crippen LogP contribution in [0.15, 0.2) is 206 Å². The molecule has 0 amide bonds. The summed E-state index contributed by atoms with van der Waals surface area (Å²) in [6, 6.07) is 76.2. The molecule has 11 rings (SSSR count). The first-order valence-electron chi connectivity index (χ1n) is 18.7. The molecule has 11 aromatic rings. The van der Waals surface area contributed by atoms with Gasteiger partial charge in [0.2, 0.25) is 0 Å². The van der Waals surface area contributed by atoms with E-state index < -0.39 is 0 Å². The van der Waals surface area contributed by atoms with Crippen LogP contribution in [0.25, 0.3) is 109 Å². The smallest absolute Gasteiger partial charge is 0.00262 e.